The molecule has 1 aromatic heterocycles. The Bertz CT molecular complexity index is 868. The van der Waals surface area contributed by atoms with Crippen LogP contribution < -0.4 is 9.64 Å². The minimum absolute atomic E-state index is 0.181. The molecule has 0 bridgehead atoms. The smallest absolute Gasteiger partial charge is 0.406 e. The molecule has 2 heterocycles. The second kappa shape index (κ2) is 6.90. The highest BCUT2D eigenvalue weighted by Gasteiger charge is 2.43. The number of benzene rings is 1. The number of aromatic nitrogens is 1. The molecule has 1 aliphatic heterocycles. The second-order valence-corrected chi connectivity index (χ2v) is 6.10. The van der Waals surface area contributed by atoms with Crippen molar-refractivity contribution in [2.45, 2.75) is 32.8 Å². The summed E-state index contributed by atoms with van der Waals surface area (Å²) < 4.78 is 40.6. The third kappa shape index (κ3) is 3.86. The molecule has 1 fully saturated rings. The number of hydrogen-bond acceptors (Lipinski definition) is 4. The minimum atomic E-state index is -4.81. The van der Waals surface area contributed by atoms with Crippen LogP contribution in [0.3, 0.4) is 0 Å². The number of amides is 3. The number of imide groups is 1. The molecule has 6 nitrogen and oxygen atoms in total. The van der Waals surface area contributed by atoms with Crippen LogP contribution in [0.2, 0.25) is 0 Å². The van der Waals surface area contributed by atoms with Crippen LogP contribution in [0.25, 0.3) is 0 Å². The van der Waals surface area contributed by atoms with Crippen molar-refractivity contribution in [1.29, 1.82) is 0 Å². The van der Waals surface area contributed by atoms with Gasteiger partial charge >= 0.3 is 12.4 Å². The third-order valence-corrected chi connectivity index (χ3v) is 4.29. The number of anilines is 1. The molecule has 0 radical (unpaired) electrons. The number of hydrogen-bond donors (Lipinski definition) is 0. The van der Waals surface area contributed by atoms with Crippen molar-refractivity contribution in [3.05, 3.63) is 53.9 Å². The van der Waals surface area contributed by atoms with Gasteiger partial charge in [-0.05, 0) is 55.3 Å². The number of halogens is 3. The van der Waals surface area contributed by atoms with Crippen LogP contribution in [0.5, 0.6) is 5.75 Å². The van der Waals surface area contributed by atoms with Crippen molar-refractivity contribution in [3.63, 3.8) is 0 Å². The predicted octanol–water partition coefficient (Wildman–Crippen LogP) is 3.65. The number of carbonyl (C=O) groups excluding carboxylic acids is 2. The van der Waals surface area contributed by atoms with Crippen molar-refractivity contribution in [3.8, 4) is 5.75 Å². The van der Waals surface area contributed by atoms with Gasteiger partial charge in [0.15, 0.2) is 0 Å². The summed E-state index contributed by atoms with van der Waals surface area (Å²) >= 11 is 0. The Balaban J connectivity index is 1.82. The van der Waals surface area contributed by atoms with Crippen molar-refractivity contribution in [1.82, 2.24) is 9.88 Å². The Morgan fingerprint density at radius 3 is 2.41 bits per heavy atom. The molecule has 0 saturated carbocycles. The maximum atomic E-state index is 12.8. The molecule has 1 aliphatic rings. The van der Waals surface area contributed by atoms with Gasteiger partial charge in [-0.15, -0.1) is 13.2 Å². The van der Waals surface area contributed by atoms with Gasteiger partial charge in [0.05, 0.1) is 5.69 Å². The lowest BCUT2D eigenvalue weighted by Gasteiger charge is -2.20. The number of urea groups is 1. The summed E-state index contributed by atoms with van der Waals surface area (Å²) in [5.74, 6) is -0.876. The molecule has 1 aromatic carbocycles. The molecule has 9 heteroatoms. The summed E-state index contributed by atoms with van der Waals surface area (Å²) in [5, 5.41) is 0. The number of carbonyl (C=O) groups is 2. The molecule has 1 atom stereocenters. The first-order valence-corrected chi connectivity index (χ1v) is 8.07. The van der Waals surface area contributed by atoms with E-state index in [0.29, 0.717) is 0 Å². The van der Waals surface area contributed by atoms with Crippen molar-refractivity contribution in [2.75, 3.05) is 4.90 Å². The zero-order chi connectivity index (χ0) is 19.8. The largest absolute Gasteiger partial charge is 0.573 e. The monoisotopic (exact) mass is 379 g/mol. The van der Waals surface area contributed by atoms with Crippen LogP contribution in [-0.4, -0.2) is 34.2 Å². The van der Waals surface area contributed by atoms with Crippen LogP contribution >= 0.6 is 0 Å². The number of ether oxygens (including phenoxy) is 1. The van der Waals surface area contributed by atoms with Gasteiger partial charge in [0.25, 0.3) is 5.91 Å². The van der Waals surface area contributed by atoms with E-state index in [1.165, 1.54) is 17.0 Å². The highest BCUT2D eigenvalue weighted by Crippen LogP contribution is 2.30. The molecule has 0 aliphatic carbocycles. The average molecular weight is 379 g/mol. The zero-order valence-corrected chi connectivity index (χ0v) is 14.5. The highest BCUT2D eigenvalue weighted by atomic mass is 19.4. The summed E-state index contributed by atoms with van der Waals surface area (Å²) in [6.45, 7) is 3.69. The van der Waals surface area contributed by atoms with E-state index >= 15 is 0 Å². The number of alkyl halides is 3. The van der Waals surface area contributed by atoms with E-state index < -0.39 is 30.1 Å². The van der Waals surface area contributed by atoms with Crippen molar-refractivity contribution < 1.29 is 27.5 Å². The van der Waals surface area contributed by atoms with E-state index in [1.807, 2.05) is 6.92 Å². The summed E-state index contributed by atoms with van der Waals surface area (Å²) in [6, 6.07) is 5.14. The van der Waals surface area contributed by atoms with E-state index in [9.17, 15) is 22.8 Å². The molecular weight excluding hydrogens is 363 g/mol. The molecule has 2 aromatic rings. The highest BCUT2D eigenvalue weighted by molar-refractivity contribution is 6.21. The lowest BCUT2D eigenvalue weighted by molar-refractivity contribution is -0.274. The van der Waals surface area contributed by atoms with Crippen LogP contribution in [0.1, 0.15) is 18.1 Å². The molecule has 1 unspecified atom stereocenters. The van der Waals surface area contributed by atoms with Gasteiger partial charge in [0, 0.05) is 18.9 Å². The summed E-state index contributed by atoms with van der Waals surface area (Å²) in [4.78, 5) is 31.7. The quantitative estimate of drug-likeness (QED) is 0.761. The van der Waals surface area contributed by atoms with Crippen LogP contribution in [0, 0.1) is 6.92 Å². The Labute approximate surface area is 153 Å². The number of pyridine rings is 1. The fourth-order valence-corrected chi connectivity index (χ4v) is 2.81. The first kappa shape index (κ1) is 18.7. The van der Waals surface area contributed by atoms with Gasteiger partial charge in [-0.25, -0.2) is 9.69 Å². The summed E-state index contributed by atoms with van der Waals surface area (Å²) in [6.07, 6.45) is -1.54. The molecule has 3 amide bonds. The van der Waals surface area contributed by atoms with E-state index in [-0.39, 0.29) is 12.2 Å². The Morgan fingerprint density at radius 1 is 1.15 bits per heavy atom. The zero-order valence-electron chi connectivity index (χ0n) is 14.5. The molecule has 0 N–H and O–H groups in total. The molecule has 1 saturated heterocycles. The maximum absolute atomic E-state index is 12.8. The first-order valence-electron chi connectivity index (χ1n) is 8.07. The normalized spacial score (nSPS) is 17.6. The van der Waals surface area contributed by atoms with Crippen molar-refractivity contribution >= 4 is 17.6 Å². The van der Waals surface area contributed by atoms with Gasteiger partial charge < -0.3 is 9.64 Å². The third-order valence-electron chi connectivity index (χ3n) is 4.29. The Morgan fingerprint density at radius 2 is 1.81 bits per heavy atom. The Kier molecular flexibility index (Phi) is 4.77. The van der Waals surface area contributed by atoms with Gasteiger partial charge in [0.1, 0.15) is 11.8 Å². The topological polar surface area (TPSA) is 62.7 Å². The summed E-state index contributed by atoms with van der Waals surface area (Å²) in [5.41, 5.74) is 1.92. The molecule has 3 rings (SSSR count). The molecule has 142 valence electrons. The van der Waals surface area contributed by atoms with Gasteiger partial charge in [-0.3, -0.25) is 9.78 Å². The van der Waals surface area contributed by atoms with E-state index in [0.717, 1.165) is 28.2 Å². The van der Waals surface area contributed by atoms with E-state index in [4.69, 9.17) is 0 Å². The van der Waals surface area contributed by atoms with E-state index in [1.54, 1.807) is 25.4 Å². The molecule has 27 heavy (non-hydrogen) atoms. The number of aryl methyl sites for hydroxylation is 1. The fourth-order valence-electron chi connectivity index (χ4n) is 2.81. The van der Waals surface area contributed by atoms with Gasteiger partial charge in [-0.1, -0.05) is 0 Å². The number of nitrogens with zero attached hydrogens (tertiary/aromatic N) is 3. The van der Waals surface area contributed by atoms with Crippen LogP contribution in [0.4, 0.5) is 23.7 Å². The lowest BCUT2D eigenvalue weighted by atomic mass is 10.1. The Hall–Kier alpha value is -3.10. The first-order chi connectivity index (χ1) is 12.7. The second-order valence-electron chi connectivity index (χ2n) is 6.10. The molecule has 0 spiro atoms. The van der Waals surface area contributed by atoms with E-state index in [2.05, 4.69) is 9.72 Å². The van der Waals surface area contributed by atoms with Crippen molar-refractivity contribution in [2.24, 2.45) is 0 Å². The van der Waals surface area contributed by atoms with Gasteiger partial charge in [0.2, 0.25) is 0 Å². The van der Waals surface area contributed by atoms with Crippen LogP contribution in [-0.2, 0) is 11.3 Å². The maximum Gasteiger partial charge on any atom is 0.573 e. The SMILES string of the molecule is Cc1cnccc1CN1C(=O)N(c2ccc(OC(F)(F)F)cc2)C(=O)C1C. The lowest BCUT2D eigenvalue weighted by Crippen LogP contribution is -2.33. The fraction of sp³-hybridized carbons (Fsp3) is 0.278. The van der Waals surface area contributed by atoms with Crippen LogP contribution in [0.15, 0.2) is 42.7 Å². The average Bonchev–Trinajstić information content (AvgIpc) is 2.80. The predicted molar refractivity (Wildman–Crippen MR) is 90.0 cm³/mol. The summed E-state index contributed by atoms with van der Waals surface area (Å²) in [7, 11) is 0. The number of rotatable bonds is 4. The minimum Gasteiger partial charge on any atom is -0.406 e. The standard InChI is InChI=1S/C18H16F3N3O3/c1-11-9-22-8-7-13(11)10-23-12(2)16(25)24(17(23)26)14-3-5-15(6-4-14)27-18(19,20)21/h3-9,12H,10H2,1-2H3. The molecular formula is C18H16F3N3O3. The van der Waals surface area contributed by atoms with Gasteiger partial charge in [-0.2, -0.15) is 0 Å².